The van der Waals surface area contributed by atoms with Crippen LogP contribution in [0.2, 0.25) is 0 Å². The van der Waals surface area contributed by atoms with Crippen LogP contribution in [0.3, 0.4) is 0 Å². The van der Waals surface area contributed by atoms with Crippen LogP contribution >= 0.6 is 0 Å². The predicted molar refractivity (Wildman–Crippen MR) is 90.4 cm³/mol. The average molecular weight is 284 g/mol. The fraction of sp³-hybridized carbons (Fsp3) is 0.579. The van der Waals surface area contributed by atoms with Gasteiger partial charge in [0.25, 0.3) is 0 Å². The molecule has 1 aromatic heterocycles. The Balaban J connectivity index is 1.65. The number of nitrogens with zero attached hydrogens (tertiary/aromatic N) is 1. The fourth-order valence-corrected chi connectivity index (χ4v) is 3.82. The van der Waals surface area contributed by atoms with Crippen molar-refractivity contribution in [2.75, 3.05) is 0 Å². The zero-order valence-corrected chi connectivity index (χ0v) is 13.4. The molecule has 1 fully saturated rings. The van der Waals surface area contributed by atoms with Gasteiger partial charge in [-0.1, -0.05) is 43.9 Å². The van der Waals surface area contributed by atoms with Crippen molar-refractivity contribution in [2.45, 2.75) is 58.0 Å². The molecule has 2 aromatic rings. The summed E-state index contributed by atoms with van der Waals surface area (Å²) in [6.45, 7) is 3.36. The van der Waals surface area contributed by atoms with Crippen LogP contribution in [-0.4, -0.2) is 10.6 Å². The molecule has 1 saturated carbocycles. The molecule has 0 unspecified atom stereocenters. The van der Waals surface area contributed by atoms with E-state index >= 15 is 0 Å². The minimum atomic E-state index is 0.627. The topological polar surface area (TPSA) is 17.0 Å². The summed E-state index contributed by atoms with van der Waals surface area (Å²) in [5, 5.41) is 5.18. The lowest BCUT2D eigenvalue weighted by molar-refractivity contribution is 0.337. The van der Waals surface area contributed by atoms with Crippen LogP contribution in [0, 0.1) is 5.92 Å². The Morgan fingerprint density at radius 1 is 1.14 bits per heavy atom. The van der Waals surface area contributed by atoms with Gasteiger partial charge in [-0.05, 0) is 37.3 Å². The van der Waals surface area contributed by atoms with Gasteiger partial charge in [-0.2, -0.15) is 0 Å². The maximum Gasteiger partial charge on any atom is 0.0481 e. The average Bonchev–Trinajstić information content (AvgIpc) is 2.71. The van der Waals surface area contributed by atoms with E-state index in [2.05, 4.69) is 54.3 Å². The van der Waals surface area contributed by atoms with E-state index in [-0.39, 0.29) is 0 Å². The SMILES string of the molecule is C[C@@H](NCc1cn(C)c2ccccc12)C1CCCCCC1. The third-order valence-electron chi connectivity index (χ3n) is 5.20. The van der Waals surface area contributed by atoms with Gasteiger partial charge in [-0.15, -0.1) is 0 Å². The summed E-state index contributed by atoms with van der Waals surface area (Å²) in [7, 11) is 2.14. The van der Waals surface area contributed by atoms with Crippen molar-refractivity contribution in [1.82, 2.24) is 9.88 Å². The Hall–Kier alpha value is -1.28. The quantitative estimate of drug-likeness (QED) is 0.810. The minimum Gasteiger partial charge on any atom is -0.350 e. The van der Waals surface area contributed by atoms with Crippen LogP contribution in [-0.2, 0) is 13.6 Å². The molecule has 0 aliphatic heterocycles. The molecule has 114 valence electrons. The highest BCUT2D eigenvalue weighted by molar-refractivity contribution is 5.83. The van der Waals surface area contributed by atoms with Crippen LogP contribution in [0.4, 0.5) is 0 Å². The number of aryl methyl sites for hydroxylation is 1. The Labute approximate surface area is 128 Å². The summed E-state index contributed by atoms with van der Waals surface area (Å²) in [6, 6.07) is 9.33. The molecule has 1 heterocycles. The summed E-state index contributed by atoms with van der Waals surface area (Å²) in [6.07, 6.45) is 10.8. The molecule has 1 aromatic carbocycles. The lowest BCUT2D eigenvalue weighted by Gasteiger charge is -2.23. The Morgan fingerprint density at radius 3 is 2.62 bits per heavy atom. The monoisotopic (exact) mass is 284 g/mol. The Kier molecular flexibility index (Phi) is 4.64. The van der Waals surface area contributed by atoms with Gasteiger partial charge < -0.3 is 9.88 Å². The summed E-state index contributed by atoms with van der Waals surface area (Å²) in [5.41, 5.74) is 2.75. The first kappa shape index (κ1) is 14.6. The molecule has 2 nitrogen and oxygen atoms in total. The Morgan fingerprint density at radius 2 is 1.86 bits per heavy atom. The number of benzene rings is 1. The predicted octanol–water partition coefficient (Wildman–Crippen LogP) is 4.63. The molecule has 0 radical (unpaired) electrons. The van der Waals surface area contributed by atoms with E-state index in [4.69, 9.17) is 0 Å². The third-order valence-corrected chi connectivity index (χ3v) is 5.20. The van der Waals surface area contributed by atoms with E-state index in [0.717, 1.165) is 12.5 Å². The molecular formula is C19H28N2. The molecule has 0 bridgehead atoms. The van der Waals surface area contributed by atoms with Gasteiger partial charge in [0.2, 0.25) is 0 Å². The molecule has 3 rings (SSSR count). The van der Waals surface area contributed by atoms with Crippen molar-refractivity contribution in [1.29, 1.82) is 0 Å². The van der Waals surface area contributed by atoms with Crippen LogP contribution in [0.15, 0.2) is 30.5 Å². The molecule has 1 atom stereocenters. The molecular weight excluding hydrogens is 256 g/mol. The highest BCUT2D eigenvalue weighted by Gasteiger charge is 2.19. The van der Waals surface area contributed by atoms with Gasteiger partial charge in [0.1, 0.15) is 0 Å². The second-order valence-electron chi connectivity index (χ2n) is 6.70. The van der Waals surface area contributed by atoms with Crippen molar-refractivity contribution >= 4 is 10.9 Å². The zero-order valence-electron chi connectivity index (χ0n) is 13.4. The van der Waals surface area contributed by atoms with E-state index < -0.39 is 0 Å². The van der Waals surface area contributed by atoms with Gasteiger partial charge in [-0.3, -0.25) is 0 Å². The van der Waals surface area contributed by atoms with Gasteiger partial charge in [-0.25, -0.2) is 0 Å². The second-order valence-corrected chi connectivity index (χ2v) is 6.70. The van der Waals surface area contributed by atoms with E-state index in [1.807, 2.05) is 0 Å². The maximum atomic E-state index is 3.79. The van der Waals surface area contributed by atoms with Gasteiger partial charge >= 0.3 is 0 Å². The minimum absolute atomic E-state index is 0.627. The molecule has 1 aliphatic rings. The third kappa shape index (κ3) is 3.32. The van der Waals surface area contributed by atoms with Crippen molar-refractivity contribution in [3.8, 4) is 0 Å². The van der Waals surface area contributed by atoms with Crippen LogP contribution in [0.25, 0.3) is 10.9 Å². The number of para-hydroxylation sites is 1. The normalized spacial score (nSPS) is 18.8. The smallest absolute Gasteiger partial charge is 0.0481 e. The first-order chi connectivity index (χ1) is 10.3. The molecule has 21 heavy (non-hydrogen) atoms. The van der Waals surface area contributed by atoms with E-state index in [1.165, 1.54) is 55.0 Å². The lowest BCUT2D eigenvalue weighted by Crippen LogP contribution is -2.32. The van der Waals surface area contributed by atoms with Crippen LogP contribution in [0.5, 0.6) is 0 Å². The van der Waals surface area contributed by atoms with Crippen LogP contribution in [0.1, 0.15) is 51.0 Å². The summed E-state index contributed by atoms with van der Waals surface area (Å²) >= 11 is 0. The molecule has 1 aliphatic carbocycles. The molecule has 0 spiro atoms. The van der Waals surface area contributed by atoms with Gasteiger partial charge in [0, 0.05) is 36.7 Å². The molecule has 2 heteroatoms. The number of hydrogen-bond acceptors (Lipinski definition) is 1. The van der Waals surface area contributed by atoms with Crippen molar-refractivity contribution in [3.05, 3.63) is 36.0 Å². The van der Waals surface area contributed by atoms with Crippen molar-refractivity contribution in [2.24, 2.45) is 13.0 Å². The van der Waals surface area contributed by atoms with Gasteiger partial charge in [0.15, 0.2) is 0 Å². The fourth-order valence-electron chi connectivity index (χ4n) is 3.82. The number of aromatic nitrogens is 1. The van der Waals surface area contributed by atoms with E-state index in [1.54, 1.807) is 0 Å². The lowest BCUT2D eigenvalue weighted by atomic mass is 9.93. The second kappa shape index (κ2) is 6.65. The molecule has 0 saturated heterocycles. The zero-order chi connectivity index (χ0) is 14.7. The standard InChI is InChI=1S/C19H28N2/c1-15(16-9-5-3-4-6-10-16)20-13-17-14-21(2)19-12-8-7-11-18(17)19/h7-8,11-12,14-16,20H,3-6,9-10,13H2,1-2H3/t15-/m1/s1. The van der Waals surface area contributed by atoms with Gasteiger partial charge in [0.05, 0.1) is 0 Å². The maximum absolute atomic E-state index is 3.79. The van der Waals surface area contributed by atoms with Crippen molar-refractivity contribution in [3.63, 3.8) is 0 Å². The number of nitrogens with one attached hydrogen (secondary N) is 1. The number of hydrogen-bond donors (Lipinski definition) is 1. The van der Waals surface area contributed by atoms with Crippen molar-refractivity contribution < 1.29 is 0 Å². The Bertz CT molecular complexity index is 576. The number of rotatable bonds is 4. The number of fused-ring (bicyclic) bond motifs is 1. The summed E-state index contributed by atoms with van der Waals surface area (Å²) in [4.78, 5) is 0. The van der Waals surface area contributed by atoms with E-state index in [9.17, 15) is 0 Å². The molecule has 0 amide bonds. The molecule has 1 N–H and O–H groups in total. The van der Waals surface area contributed by atoms with E-state index in [0.29, 0.717) is 6.04 Å². The van der Waals surface area contributed by atoms with Crippen LogP contribution < -0.4 is 5.32 Å². The first-order valence-electron chi connectivity index (χ1n) is 8.52. The summed E-state index contributed by atoms with van der Waals surface area (Å²) in [5.74, 6) is 0.863. The first-order valence-corrected chi connectivity index (χ1v) is 8.52. The largest absolute Gasteiger partial charge is 0.350 e. The highest BCUT2D eigenvalue weighted by Crippen LogP contribution is 2.26. The summed E-state index contributed by atoms with van der Waals surface area (Å²) < 4.78 is 2.24. The highest BCUT2D eigenvalue weighted by atomic mass is 14.9.